The highest BCUT2D eigenvalue weighted by Crippen LogP contribution is 2.49. The van der Waals surface area contributed by atoms with Crippen LogP contribution in [0, 0.1) is 13.8 Å². The number of aryl methyl sites for hydroxylation is 1. The molecular weight excluding hydrogens is 687 g/mol. The number of hydrogen-bond donors (Lipinski definition) is 0. The zero-order valence-corrected chi connectivity index (χ0v) is 32.7. The van der Waals surface area contributed by atoms with Crippen LogP contribution in [0.2, 0.25) is 0 Å². The first-order valence-electron chi connectivity index (χ1n) is 20.4. The molecule has 0 N–H and O–H groups in total. The molecule has 0 radical (unpaired) electrons. The van der Waals surface area contributed by atoms with Crippen LogP contribution in [0.25, 0.3) is 70.9 Å². The second-order valence-corrected chi connectivity index (χ2v) is 16.1. The van der Waals surface area contributed by atoms with Crippen LogP contribution in [0.1, 0.15) is 47.6 Å². The van der Waals surface area contributed by atoms with Gasteiger partial charge in [0.15, 0.2) is 0 Å². The van der Waals surface area contributed by atoms with E-state index in [0.29, 0.717) is 0 Å². The molecular formula is C56H43N. The Kier molecular flexibility index (Phi) is 7.79. The zero-order valence-electron chi connectivity index (χ0n) is 32.7. The molecule has 1 heteroatoms. The zero-order chi connectivity index (χ0) is 38.2. The molecule has 0 aliphatic heterocycles. The average Bonchev–Trinajstić information content (AvgIpc) is 3.64. The lowest BCUT2D eigenvalue weighted by molar-refractivity contribution is 0.967. The lowest BCUT2D eigenvalue weighted by Gasteiger charge is -2.30. The molecule has 0 bridgehead atoms. The van der Waals surface area contributed by atoms with Gasteiger partial charge in [-0.05, 0) is 157 Å². The van der Waals surface area contributed by atoms with Gasteiger partial charge < -0.3 is 4.90 Å². The van der Waals surface area contributed by atoms with Crippen LogP contribution in [-0.2, 0) is 6.42 Å². The standard InChI is InChI=1S/C56H43N/c1-35-15-4-8-19-42(35)50-34-52-49(56(37(50)3)43-20-9-5-16-36(43)2)30-28-38-27-29-41(33-51(38)52)57(54-26-14-25-47-44-21-10-6-17-39(44)31-53(47)54)55-32-40-18-7-11-22-45(40)46-23-12-13-24-48(46)55/h5-14,16-30,32-34H,4,15,31H2,1-3H3. The molecule has 2 aliphatic carbocycles. The Bertz CT molecular complexity index is 3190. The molecule has 0 amide bonds. The van der Waals surface area contributed by atoms with Gasteiger partial charge in [-0.3, -0.25) is 0 Å². The first-order valence-corrected chi connectivity index (χ1v) is 20.4. The SMILES string of the molecule is CC1=C(c2cc3c(ccc4ccc(N(c5cccc6c5Cc5ccccc5-6)c5cc6ccccc6c6ccccc56)cc43)c(-c3ccccc3C)c2C)C=CCC1. The maximum Gasteiger partial charge on any atom is 0.0546 e. The summed E-state index contributed by atoms with van der Waals surface area (Å²) in [6.07, 6.45) is 7.83. The number of hydrogen-bond acceptors (Lipinski definition) is 1. The molecule has 11 rings (SSSR count). The predicted octanol–water partition coefficient (Wildman–Crippen LogP) is 15.7. The molecule has 0 heterocycles. The highest BCUT2D eigenvalue weighted by atomic mass is 15.1. The molecule has 2 aliphatic rings. The molecule has 272 valence electrons. The molecule has 0 saturated carbocycles. The van der Waals surface area contributed by atoms with Gasteiger partial charge in [0, 0.05) is 17.5 Å². The van der Waals surface area contributed by atoms with E-state index >= 15 is 0 Å². The van der Waals surface area contributed by atoms with Gasteiger partial charge >= 0.3 is 0 Å². The lowest BCUT2D eigenvalue weighted by atomic mass is 9.82. The van der Waals surface area contributed by atoms with Gasteiger partial charge in [-0.1, -0.05) is 145 Å². The van der Waals surface area contributed by atoms with Crippen molar-refractivity contribution in [1.29, 1.82) is 0 Å². The van der Waals surface area contributed by atoms with Crippen molar-refractivity contribution in [3.8, 4) is 22.3 Å². The van der Waals surface area contributed by atoms with E-state index in [0.717, 1.165) is 24.9 Å². The topological polar surface area (TPSA) is 3.24 Å². The molecule has 0 atom stereocenters. The molecule has 0 aromatic heterocycles. The summed E-state index contributed by atoms with van der Waals surface area (Å²) >= 11 is 0. The predicted molar refractivity (Wildman–Crippen MR) is 245 cm³/mol. The van der Waals surface area contributed by atoms with Gasteiger partial charge in [-0.15, -0.1) is 0 Å². The van der Waals surface area contributed by atoms with Gasteiger partial charge in [0.25, 0.3) is 0 Å². The molecule has 9 aromatic rings. The minimum Gasteiger partial charge on any atom is -0.310 e. The smallest absolute Gasteiger partial charge is 0.0546 e. The Labute approximate surface area is 334 Å². The fraction of sp³-hybridized carbons (Fsp3) is 0.107. The summed E-state index contributed by atoms with van der Waals surface area (Å²) in [6, 6.07) is 59.3. The highest BCUT2D eigenvalue weighted by molar-refractivity contribution is 6.17. The molecule has 57 heavy (non-hydrogen) atoms. The number of fused-ring (bicyclic) bond motifs is 9. The van der Waals surface area contributed by atoms with Crippen LogP contribution in [0.15, 0.2) is 175 Å². The minimum absolute atomic E-state index is 0.907. The Morgan fingerprint density at radius 1 is 0.474 bits per heavy atom. The van der Waals surface area contributed by atoms with Crippen molar-refractivity contribution in [3.63, 3.8) is 0 Å². The van der Waals surface area contributed by atoms with E-state index in [4.69, 9.17) is 0 Å². The first kappa shape index (κ1) is 33.6. The van der Waals surface area contributed by atoms with Gasteiger partial charge in [-0.25, -0.2) is 0 Å². The normalized spacial score (nSPS) is 13.5. The molecule has 1 nitrogen and oxygen atoms in total. The van der Waals surface area contributed by atoms with Crippen LogP contribution in [0.5, 0.6) is 0 Å². The molecule has 0 spiro atoms. The number of rotatable bonds is 5. The van der Waals surface area contributed by atoms with Gasteiger partial charge in [-0.2, -0.15) is 0 Å². The number of allylic oxidation sites excluding steroid dienone is 4. The lowest BCUT2D eigenvalue weighted by Crippen LogP contribution is -2.13. The number of benzene rings is 9. The molecule has 9 aromatic carbocycles. The van der Waals surface area contributed by atoms with E-state index in [2.05, 4.69) is 196 Å². The quantitative estimate of drug-likeness (QED) is 0.159. The Morgan fingerprint density at radius 2 is 1.21 bits per heavy atom. The summed E-state index contributed by atoms with van der Waals surface area (Å²) in [5, 5.41) is 10.1. The van der Waals surface area contributed by atoms with Crippen LogP contribution < -0.4 is 4.90 Å². The van der Waals surface area contributed by atoms with Crippen LogP contribution >= 0.6 is 0 Å². The second kappa shape index (κ2) is 13.2. The Balaban J connectivity index is 1.24. The summed E-state index contributed by atoms with van der Waals surface area (Å²) in [5.74, 6) is 0. The molecule has 0 fully saturated rings. The third kappa shape index (κ3) is 5.30. The third-order valence-electron chi connectivity index (χ3n) is 12.8. The second-order valence-electron chi connectivity index (χ2n) is 16.1. The minimum atomic E-state index is 0.907. The summed E-state index contributed by atoms with van der Waals surface area (Å²) in [4.78, 5) is 2.56. The fourth-order valence-corrected chi connectivity index (χ4v) is 9.99. The largest absolute Gasteiger partial charge is 0.310 e. The summed E-state index contributed by atoms with van der Waals surface area (Å²) in [7, 11) is 0. The fourth-order valence-electron chi connectivity index (χ4n) is 9.99. The van der Waals surface area contributed by atoms with Crippen LogP contribution in [-0.4, -0.2) is 0 Å². The van der Waals surface area contributed by atoms with Crippen LogP contribution in [0.3, 0.4) is 0 Å². The van der Waals surface area contributed by atoms with Gasteiger partial charge in [0.2, 0.25) is 0 Å². The van der Waals surface area contributed by atoms with Crippen molar-refractivity contribution in [1.82, 2.24) is 0 Å². The van der Waals surface area contributed by atoms with Crippen molar-refractivity contribution in [3.05, 3.63) is 203 Å². The molecule has 0 unspecified atom stereocenters. The van der Waals surface area contributed by atoms with Crippen molar-refractivity contribution < 1.29 is 0 Å². The van der Waals surface area contributed by atoms with Gasteiger partial charge in [0.1, 0.15) is 0 Å². The monoisotopic (exact) mass is 729 g/mol. The van der Waals surface area contributed by atoms with Crippen molar-refractivity contribution in [2.24, 2.45) is 0 Å². The van der Waals surface area contributed by atoms with E-state index in [9.17, 15) is 0 Å². The summed E-state index contributed by atoms with van der Waals surface area (Å²) < 4.78 is 0. The third-order valence-corrected chi connectivity index (χ3v) is 12.8. The maximum atomic E-state index is 2.56. The van der Waals surface area contributed by atoms with E-state index in [1.54, 1.807) is 0 Å². The molecule has 0 saturated heterocycles. The van der Waals surface area contributed by atoms with Gasteiger partial charge in [0.05, 0.1) is 11.4 Å². The van der Waals surface area contributed by atoms with E-state index in [-0.39, 0.29) is 0 Å². The average molecular weight is 730 g/mol. The summed E-state index contributed by atoms with van der Waals surface area (Å²) in [5.41, 5.74) is 18.5. The number of nitrogens with zero attached hydrogens (tertiary/aromatic N) is 1. The van der Waals surface area contributed by atoms with Crippen LogP contribution in [0.4, 0.5) is 17.1 Å². The van der Waals surface area contributed by atoms with Crippen molar-refractivity contribution in [2.75, 3.05) is 4.90 Å². The first-order chi connectivity index (χ1) is 28.0. The highest BCUT2D eigenvalue weighted by Gasteiger charge is 2.27. The Morgan fingerprint density at radius 3 is 2.07 bits per heavy atom. The Hall–Kier alpha value is -6.70. The maximum absolute atomic E-state index is 2.56. The van der Waals surface area contributed by atoms with Crippen molar-refractivity contribution >= 4 is 65.7 Å². The number of anilines is 3. The van der Waals surface area contributed by atoms with E-state index in [1.165, 1.54) is 116 Å². The van der Waals surface area contributed by atoms with Crippen molar-refractivity contribution in [2.45, 2.75) is 40.0 Å². The van der Waals surface area contributed by atoms with E-state index in [1.807, 2.05) is 0 Å². The summed E-state index contributed by atoms with van der Waals surface area (Å²) in [6.45, 7) is 6.90. The van der Waals surface area contributed by atoms with E-state index < -0.39 is 0 Å².